The first-order valence-electron chi connectivity index (χ1n) is 16.1. The van der Waals surface area contributed by atoms with Crippen molar-refractivity contribution in [2.24, 2.45) is 11.8 Å². The number of carbonyl (C=O) groups is 6. The number of carbonyl (C=O) groups excluding carboxylic acids is 5. The van der Waals surface area contributed by atoms with E-state index in [9.17, 15) is 33.9 Å². The molecule has 252 valence electrons. The van der Waals surface area contributed by atoms with E-state index in [0.29, 0.717) is 19.3 Å². The van der Waals surface area contributed by atoms with Crippen molar-refractivity contribution < 1.29 is 33.9 Å². The summed E-state index contributed by atoms with van der Waals surface area (Å²) in [7, 11) is 0. The fraction of sp³-hybridized carbons (Fsp3) is 0.576. The van der Waals surface area contributed by atoms with Crippen molar-refractivity contribution in [3.63, 3.8) is 0 Å². The van der Waals surface area contributed by atoms with Crippen LogP contribution in [0.1, 0.15) is 78.2 Å². The van der Waals surface area contributed by atoms with Gasteiger partial charge in [-0.05, 0) is 55.6 Å². The minimum absolute atomic E-state index is 0.00274. The number of fused-ring (bicyclic) bond motifs is 1. The summed E-state index contributed by atoms with van der Waals surface area (Å²) in [6, 6.07) is 3.29. The number of hydrogen-bond acceptors (Lipinski definition) is 6. The van der Waals surface area contributed by atoms with Crippen molar-refractivity contribution in [3.8, 4) is 0 Å². The molecular weight excluding hydrogens is 592 g/mol. The third-order valence-electron chi connectivity index (χ3n) is 7.84. The Kier molecular flexibility index (Phi) is 13.6. The summed E-state index contributed by atoms with van der Waals surface area (Å²) in [5.41, 5.74) is 1.58. The zero-order valence-corrected chi connectivity index (χ0v) is 27.1. The van der Waals surface area contributed by atoms with Gasteiger partial charge in [0.05, 0.1) is 0 Å². The Morgan fingerprint density at radius 1 is 0.783 bits per heavy atom. The van der Waals surface area contributed by atoms with Gasteiger partial charge in [-0.2, -0.15) is 0 Å². The quantitative estimate of drug-likeness (QED) is 0.217. The van der Waals surface area contributed by atoms with Gasteiger partial charge in [-0.15, -0.1) is 0 Å². The third kappa shape index (κ3) is 11.2. The van der Waals surface area contributed by atoms with Crippen molar-refractivity contribution in [2.75, 3.05) is 6.54 Å². The summed E-state index contributed by atoms with van der Waals surface area (Å²) in [5.74, 6) is -3.66. The van der Waals surface area contributed by atoms with Crippen LogP contribution in [0, 0.1) is 11.8 Å². The van der Waals surface area contributed by atoms with E-state index in [1.165, 1.54) is 0 Å². The standard InChI is InChI=1S/C33H48N6O7/c1-19(2)15-25-31(44)38-26(16-20(3)4)32(45)39-27(17-21-18-35-23-10-6-5-9-22(21)23)33(46)37-24(12-13-29(41)42)30(43)34-14-8-7-11-28(40)36-25/h5-6,9-10,18-20,24-27,35H,7-8,11-17H2,1-4H3,(H,34,43)(H,36,40)(H,37,46)(H,38,44)(H,39,45)(H,41,42). The second-order valence-corrected chi connectivity index (χ2v) is 12.8. The molecule has 3 rings (SSSR count). The van der Waals surface area contributed by atoms with Gasteiger partial charge in [-0.25, -0.2) is 0 Å². The number of carboxylic acids is 1. The van der Waals surface area contributed by atoms with Crippen molar-refractivity contribution >= 4 is 46.4 Å². The van der Waals surface area contributed by atoms with Gasteiger partial charge >= 0.3 is 5.97 Å². The van der Waals surface area contributed by atoms with Crippen molar-refractivity contribution in [3.05, 3.63) is 36.0 Å². The molecule has 2 aromatic rings. The number of carboxylic acid groups (broad SMARTS) is 1. The van der Waals surface area contributed by atoms with E-state index in [2.05, 4.69) is 31.6 Å². The zero-order chi connectivity index (χ0) is 33.8. The molecular formula is C33H48N6O7. The second-order valence-electron chi connectivity index (χ2n) is 12.8. The van der Waals surface area contributed by atoms with Gasteiger partial charge in [-0.1, -0.05) is 45.9 Å². The van der Waals surface area contributed by atoms with Crippen LogP contribution in [0.3, 0.4) is 0 Å². The van der Waals surface area contributed by atoms with E-state index in [-0.39, 0.29) is 56.4 Å². The number of hydrogen-bond donors (Lipinski definition) is 7. The first-order chi connectivity index (χ1) is 21.8. The van der Waals surface area contributed by atoms with Crippen molar-refractivity contribution in [1.82, 2.24) is 31.6 Å². The smallest absolute Gasteiger partial charge is 0.303 e. The van der Waals surface area contributed by atoms with E-state index in [1.54, 1.807) is 6.20 Å². The molecule has 1 aliphatic heterocycles. The predicted octanol–water partition coefficient (Wildman–Crippen LogP) is 1.91. The lowest BCUT2D eigenvalue weighted by molar-refractivity contribution is -0.138. The molecule has 4 atom stereocenters. The molecule has 1 fully saturated rings. The summed E-state index contributed by atoms with van der Waals surface area (Å²) < 4.78 is 0. The number of aliphatic carboxylic acids is 1. The zero-order valence-electron chi connectivity index (χ0n) is 27.1. The third-order valence-corrected chi connectivity index (χ3v) is 7.84. The molecule has 2 heterocycles. The maximum atomic E-state index is 13.8. The molecule has 4 unspecified atom stereocenters. The Morgan fingerprint density at radius 3 is 2.02 bits per heavy atom. The van der Waals surface area contributed by atoms with Gasteiger partial charge in [0.15, 0.2) is 0 Å². The van der Waals surface area contributed by atoms with Gasteiger partial charge in [0.1, 0.15) is 24.2 Å². The van der Waals surface area contributed by atoms with E-state index in [1.807, 2.05) is 52.0 Å². The van der Waals surface area contributed by atoms with E-state index in [4.69, 9.17) is 0 Å². The van der Waals surface area contributed by atoms with Crippen molar-refractivity contribution in [2.45, 2.75) is 103 Å². The molecule has 1 saturated heterocycles. The van der Waals surface area contributed by atoms with Crippen LogP contribution in [0.25, 0.3) is 10.9 Å². The molecule has 13 nitrogen and oxygen atoms in total. The maximum absolute atomic E-state index is 13.8. The fourth-order valence-electron chi connectivity index (χ4n) is 5.50. The number of aromatic nitrogens is 1. The van der Waals surface area contributed by atoms with Gasteiger partial charge in [-0.3, -0.25) is 28.8 Å². The summed E-state index contributed by atoms with van der Waals surface area (Å²) >= 11 is 0. The first kappa shape index (κ1) is 36.1. The van der Waals surface area contributed by atoms with Crippen LogP contribution >= 0.6 is 0 Å². The van der Waals surface area contributed by atoms with E-state index >= 15 is 0 Å². The minimum Gasteiger partial charge on any atom is -0.481 e. The van der Waals surface area contributed by atoms with Gasteiger partial charge in [0.25, 0.3) is 0 Å². The SMILES string of the molecule is CC(C)CC1NC(=O)CCCCNC(=O)C(CCC(=O)O)NC(=O)C(Cc2c[nH]c3ccccc23)NC(=O)C(CC(C)C)NC1=O. The molecule has 7 N–H and O–H groups in total. The van der Waals surface area contributed by atoms with Crippen LogP contribution in [0.2, 0.25) is 0 Å². The summed E-state index contributed by atoms with van der Waals surface area (Å²) in [4.78, 5) is 81.5. The summed E-state index contributed by atoms with van der Waals surface area (Å²) in [6.45, 7) is 7.88. The molecule has 0 saturated carbocycles. The Balaban J connectivity index is 1.98. The normalized spacial score (nSPS) is 22.8. The monoisotopic (exact) mass is 640 g/mol. The number of amides is 5. The predicted molar refractivity (Wildman–Crippen MR) is 172 cm³/mol. The molecule has 1 aromatic carbocycles. The molecule has 13 heteroatoms. The molecule has 0 bridgehead atoms. The topological polar surface area (TPSA) is 199 Å². The van der Waals surface area contributed by atoms with Crippen molar-refractivity contribution in [1.29, 1.82) is 0 Å². The van der Waals surface area contributed by atoms with E-state index < -0.39 is 53.8 Å². The molecule has 1 aromatic heterocycles. The van der Waals surface area contributed by atoms with Gasteiger partial charge in [0.2, 0.25) is 29.5 Å². The highest BCUT2D eigenvalue weighted by Crippen LogP contribution is 2.20. The molecule has 46 heavy (non-hydrogen) atoms. The van der Waals surface area contributed by atoms with Crippen LogP contribution in [0.15, 0.2) is 30.5 Å². The molecule has 5 amide bonds. The number of nitrogens with one attached hydrogen (secondary N) is 6. The lowest BCUT2D eigenvalue weighted by atomic mass is 9.98. The highest BCUT2D eigenvalue weighted by atomic mass is 16.4. The maximum Gasteiger partial charge on any atom is 0.303 e. The Hall–Kier alpha value is -4.42. The number of H-pyrrole nitrogens is 1. The minimum atomic E-state index is -1.17. The Bertz CT molecular complexity index is 1390. The largest absolute Gasteiger partial charge is 0.481 e. The lowest BCUT2D eigenvalue weighted by Crippen LogP contribution is -2.59. The average Bonchev–Trinajstić information content (AvgIpc) is 3.39. The molecule has 0 radical (unpaired) electrons. The fourth-order valence-corrected chi connectivity index (χ4v) is 5.50. The van der Waals surface area contributed by atoms with Crippen LogP contribution < -0.4 is 26.6 Å². The van der Waals surface area contributed by atoms with Crippen LogP contribution in [-0.4, -0.2) is 76.3 Å². The van der Waals surface area contributed by atoms with Crippen LogP contribution in [0.4, 0.5) is 0 Å². The number of para-hydroxylation sites is 1. The molecule has 0 spiro atoms. The summed E-state index contributed by atoms with van der Waals surface area (Å²) in [6.07, 6.45) is 2.93. The number of aromatic amines is 1. The summed E-state index contributed by atoms with van der Waals surface area (Å²) in [5, 5.41) is 23.9. The second kappa shape index (κ2) is 17.3. The Morgan fingerprint density at radius 2 is 1.37 bits per heavy atom. The van der Waals surface area contributed by atoms with Gasteiger partial charge in [0, 0.05) is 42.9 Å². The Labute approximate surface area is 269 Å². The van der Waals surface area contributed by atoms with E-state index in [0.717, 1.165) is 16.5 Å². The van der Waals surface area contributed by atoms with Gasteiger partial charge < -0.3 is 36.7 Å². The van der Waals surface area contributed by atoms with Crippen LogP contribution in [-0.2, 0) is 35.2 Å². The first-order valence-corrected chi connectivity index (χ1v) is 16.1. The number of benzene rings is 1. The highest BCUT2D eigenvalue weighted by molar-refractivity contribution is 5.96. The lowest BCUT2D eigenvalue weighted by Gasteiger charge is -2.28. The van der Waals surface area contributed by atoms with Crippen LogP contribution in [0.5, 0.6) is 0 Å². The number of rotatable bonds is 9. The molecule has 1 aliphatic rings. The average molecular weight is 641 g/mol. The molecule has 0 aliphatic carbocycles. The highest BCUT2D eigenvalue weighted by Gasteiger charge is 2.32.